The van der Waals surface area contributed by atoms with Gasteiger partial charge in [0.25, 0.3) is 11.8 Å². The molecule has 0 spiro atoms. The highest BCUT2D eigenvalue weighted by Gasteiger charge is 2.49. The van der Waals surface area contributed by atoms with Gasteiger partial charge < -0.3 is 19.5 Å². The first-order valence-corrected chi connectivity index (χ1v) is 13.9. The van der Waals surface area contributed by atoms with E-state index >= 15 is 0 Å². The summed E-state index contributed by atoms with van der Waals surface area (Å²) in [5.41, 5.74) is 0.0906. The van der Waals surface area contributed by atoms with Crippen LogP contribution in [0.3, 0.4) is 0 Å². The zero-order valence-corrected chi connectivity index (χ0v) is 24.2. The van der Waals surface area contributed by atoms with E-state index in [9.17, 15) is 32.3 Å². The van der Waals surface area contributed by atoms with Gasteiger partial charge in [-0.2, -0.15) is 0 Å². The van der Waals surface area contributed by atoms with Crippen LogP contribution in [0.1, 0.15) is 37.8 Å². The lowest BCUT2D eigenvalue weighted by atomic mass is 9.87. The predicted octanol–water partition coefficient (Wildman–Crippen LogP) is 4.26. The van der Waals surface area contributed by atoms with Crippen LogP contribution in [0.25, 0.3) is 0 Å². The van der Waals surface area contributed by atoms with Crippen LogP contribution in [0.5, 0.6) is 0 Å². The number of carbonyl (C=O) groups excluding carboxylic acids is 4. The van der Waals surface area contributed by atoms with Crippen LogP contribution in [-0.2, 0) is 28.6 Å². The Morgan fingerprint density at radius 1 is 1.14 bits per heavy atom. The van der Waals surface area contributed by atoms with E-state index in [4.69, 9.17) is 25.8 Å². The van der Waals surface area contributed by atoms with Gasteiger partial charge in [0.2, 0.25) is 5.91 Å². The molecule has 2 aliphatic rings. The number of halogens is 4. The number of methoxy groups -OCH3 is 1. The number of carbonyl (C=O) groups is 4. The molecule has 2 fully saturated rings. The summed E-state index contributed by atoms with van der Waals surface area (Å²) in [4.78, 5) is 55.0. The summed E-state index contributed by atoms with van der Waals surface area (Å²) in [7, 11) is 1.12. The van der Waals surface area contributed by atoms with Crippen molar-refractivity contribution in [2.24, 2.45) is 0 Å². The largest absolute Gasteiger partial charge is 0.464 e. The Kier molecular flexibility index (Phi) is 10.2. The van der Waals surface area contributed by atoms with Gasteiger partial charge in [-0.15, -0.1) is 0 Å². The monoisotopic (exact) mass is 625 g/mol. The molecule has 3 amide bonds. The van der Waals surface area contributed by atoms with E-state index in [2.05, 4.69) is 5.32 Å². The molecule has 2 aromatic carbocycles. The number of nitrogens with one attached hydrogen (secondary N) is 1. The molecule has 0 aromatic heterocycles. The molecule has 1 aliphatic heterocycles. The second-order valence-corrected chi connectivity index (χ2v) is 10.6. The summed E-state index contributed by atoms with van der Waals surface area (Å²) in [5, 5.41) is 2.65. The molecular formula is C29H31ClF3N3O7. The lowest BCUT2D eigenvalue weighted by Crippen LogP contribution is -2.56. The molecule has 2 aromatic rings. The molecule has 0 bridgehead atoms. The Labute approximate surface area is 251 Å². The smallest absolute Gasteiger partial charge is 0.410 e. The summed E-state index contributed by atoms with van der Waals surface area (Å²) >= 11 is 6.48. The maximum atomic E-state index is 14.5. The number of benzene rings is 2. The molecule has 10 nitrogen and oxygen atoms in total. The third-order valence-corrected chi connectivity index (χ3v) is 7.51. The molecular weight excluding hydrogens is 595 g/mol. The molecule has 1 N–H and O–H groups in total. The van der Waals surface area contributed by atoms with Crippen LogP contribution >= 0.6 is 11.6 Å². The highest BCUT2D eigenvalue weighted by molar-refractivity contribution is 6.31. The highest BCUT2D eigenvalue weighted by atomic mass is 35.5. The number of amides is 3. The van der Waals surface area contributed by atoms with Gasteiger partial charge in [0.15, 0.2) is 0 Å². The molecule has 0 radical (unpaired) electrons. The van der Waals surface area contributed by atoms with Gasteiger partial charge >= 0.3 is 12.1 Å². The summed E-state index contributed by atoms with van der Waals surface area (Å²) in [6.07, 6.45) is -2.95. The lowest BCUT2D eigenvalue weighted by molar-refractivity contribution is -0.150. The van der Waals surface area contributed by atoms with Gasteiger partial charge in [-0.3, -0.25) is 19.4 Å². The van der Waals surface area contributed by atoms with Gasteiger partial charge in [0.1, 0.15) is 24.5 Å². The predicted molar refractivity (Wildman–Crippen MR) is 148 cm³/mol. The SMILES string of the molecule is CCOC(=O)COC1CC(C(=O)N(c2cccc(F)c2)[C@H](C(=O)NC2CC(F)(F)C2)c2ccccc2Cl)N(C(=O)OC)C1. The highest BCUT2D eigenvalue weighted by Crippen LogP contribution is 2.39. The first kappa shape index (κ1) is 32.1. The third kappa shape index (κ3) is 7.57. The van der Waals surface area contributed by atoms with E-state index in [1.54, 1.807) is 19.1 Å². The second kappa shape index (κ2) is 13.6. The van der Waals surface area contributed by atoms with Crippen LogP contribution in [0.4, 0.5) is 23.7 Å². The number of ether oxygens (including phenoxy) is 3. The van der Waals surface area contributed by atoms with E-state index < -0.39 is 79.3 Å². The minimum Gasteiger partial charge on any atom is -0.464 e. The average molecular weight is 626 g/mol. The number of hydrogen-bond donors (Lipinski definition) is 1. The van der Waals surface area contributed by atoms with E-state index in [0.29, 0.717) is 0 Å². The Balaban J connectivity index is 1.74. The molecule has 1 saturated carbocycles. The van der Waals surface area contributed by atoms with Crippen molar-refractivity contribution in [2.75, 3.05) is 31.8 Å². The van der Waals surface area contributed by atoms with Crippen LogP contribution in [0.2, 0.25) is 5.02 Å². The number of nitrogens with zero attached hydrogens (tertiary/aromatic N) is 2. The van der Waals surface area contributed by atoms with Crippen LogP contribution in [0, 0.1) is 5.82 Å². The number of anilines is 1. The Hall–Kier alpha value is -3.84. The number of likely N-dealkylation sites (tertiary alicyclic amines) is 1. The summed E-state index contributed by atoms with van der Waals surface area (Å²) in [5.74, 6) is -5.94. The molecule has 43 heavy (non-hydrogen) atoms. The van der Waals surface area contributed by atoms with Crippen LogP contribution in [0.15, 0.2) is 48.5 Å². The first-order valence-electron chi connectivity index (χ1n) is 13.6. The van der Waals surface area contributed by atoms with Gasteiger partial charge in [-0.25, -0.2) is 22.8 Å². The number of rotatable bonds is 10. The van der Waals surface area contributed by atoms with Crippen molar-refractivity contribution in [3.63, 3.8) is 0 Å². The maximum Gasteiger partial charge on any atom is 0.410 e. The number of alkyl halides is 2. The Morgan fingerprint density at radius 3 is 2.49 bits per heavy atom. The van der Waals surface area contributed by atoms with E-state index in [1.165, 1.54) is 24.3 Å². The first-order chi connectivity index (χ1) is 20.4. The molecule has 1 saturated heterocycles. The van der Waals surface area contributed by atoms with Crippen molar-refractivity contribution in [1.82, 2.24) is 10.2 Å². The van der Waals surface area contributed by atoms with Crippen LogP contribution < -0.4 is 10.2 Å². The van der Waals surface area contributed by atoms with E-state index in [0.717, 1.165) is 29.0 Å². The molecule has 1 heterocycles. The zero-order valence-electron chi connectivity index (χ0n) is 23.4. The Morgan fingerprint density at radius 2 is 1.86 bits per heavy atom. The van der Waals surface area contributed by atoms with Crippen molar-refractivity contribution in [3.8, 4) is 0 Å². The van der Waals surface area contributed by atoms with Crippen LogP contribution in [-0.4, -0.2) is 79.8 Å². The third-order valence-electron chi connectivity index (χ3n) is 7.17. The van der Waals surface area contributed by atoms with Crippen molar-refractivity contribution >= 4 is 41.2 Å². The fourth-order valence-corrected chi connectivity index (χ4v) is 5.43. The van der Waals surface area contributed by atoms with E-state index in [1.807, 2.05) is 0 Å². The maximum absolute atomic E-state index is 14.5. The topological polar surface area (TPSA) is 114 Å². The number of hydrogen-bond acceptors (Lipinski definition) is 7. The van der Waals surface area contributed by atoms with Crippen molar-refractivity contribution in [2.45, 2.75) is 56.3 Å². The van der Waals surface area contributed by atoms with Crippen molar-refractivity contribution < 1.29 is 46.6 Å². The standard InChI is InChI=1S/C29H31ClF3N3O7/c1-3-42-24(37)16-43-20-12-23(35(15-20)28(40)41-2)27(39)36(19-8-6-7-17(31)11-19)25(21-9-4-5-10-22(21)30)26(38)34-18-13-29(32,33)14-18/h4-11,18,20,23,25H,3,12-16H2,1-2H3,(H,34,38)/t20?,23?,25-/m0/s1. The average Bonchev–Trinajstić information content (AvgIpc) is 3.38. The Bertz CT molecular complexity index is 1360. The minimum absolute atomic E-state index is 0.0512. The van der Waals surface area contributed by atoms with Crippen molar-refractivity contribution in [3.05, 3.63) is 64.9 Å². The molecule has 1 aliphatic carbocycles. The molecule has 3 atom stereocenters. The zero-order chi connectivity index (χ0) is 31.3. The van der Waals surface area contributed by atoms with Gasteiger partial charge in [0, 0.05) is 41.6 Å². The fraction of sp³-hybridized carbons (Fsp3) is 0.448. The fourth-order valence-electron chi connectivity index (χ4n) is 5.19. The van der Waals surface area contributed by atoms with E-state index in [-0.39, 0.29) is 35.8 Å². The van der Waals surface area contributed by atoms with Gasteiger partial charge in [0.05, 0.1) is 26.4 Å². The van der Waals surface area contributed by atoms with Gasteiger partial charge in [-0.1, -0.05) is 35.9 Å². The van der Waals surface area contributed by atoms with Gasteiger partial charge in [-0.05, 0) is 31.2 Å². The molecule has 232 valence electrons. The van der Waals surface area contributed by atoms with Crippen molar-refractivity contribution in [1.29, 1.82) is 0 Å². The molecule has 14 heteroatoms. The second-order valence-electron chi connectivity index (χ2n) is 10.2. The molecule has 2 unspecified atom stereocenters. The minimum atomic E-state index is -2.93. The lowest BCUT2D eigenvalue weighted by Gasteiger charge is -2.39. The molecule has 4 rings (SSSR count). The quantitative estimate of drug-likeness (QED) is 0.393. The summed E-state index contributed by atoms with van der Waals surface area (Å²) < 4.78 is 57.1. The summed E-state index contributed by atoms with van der Waals surface area (Å²) in [6, 6.07) is 7.34. The normalized spacial score (nSPS) is 20.1. The number of esters is 1. The summed E-state index contributed by atoms with van der Waals surface area (Å²) in [6.45, 7) is 1.19.